The van der Waals surface area contributed by atoms with Crippen molar-refractivity contribution in [1.29, 1.82) is 0 Å². The number of aromatic nitrogens is 1. The zero-order chi connectivity index (χ0) is 14.1. The molecule has 0 bridgehead atoms. The number of rotatable bonds is 4. The number of hydrogen-bond acceptors (Lipinski definition) is 2. The molecule has 0 aliphatic heterocycles. The maximum atomic E-state index is 4.18. The third kappa shape index (κ3) is 5.32. The normalized spacial score (nSPS) is 22.8. The second kappa shape index (κ2) is 9.08. The number of hydrogen-bond donors (Lipinski definition) is 0. The molecule has 108 valence electrons. The van der Waals surface area contributed by atoms with E-state index in [-0.39, 0.29) is 0 Å². The van der Waals surface area contributed by atoms with Gasteiger partial charge in [0.2, 0.25) is 0 Å². The molecule has 1 aromatic heterocycles. The zero-order valence-electron chi connectivity index (χ0n) is 13.1. The quantitative estimate of drug-likeness (QED) is 0.793. The van der Waals surface area contributed by atoms with Gasteiger partial charge in [0, 0.05) is 25.0 Å². The molecular weight excluding hydrogens is 232 g/mol. The monoisotopic (exact) mass is 262 g/mol. The number of pyridine rings is 1. The zero-order valence-corrected chi connectivity index (χ0v) is 13.1. The molecule has 2 nitrogen and oxygen atoms in total. The smallest absolute Gasteiger partial charge is 0.0312 e. The summed E-state index contributed by atoms with van der Waals surface area (Å²) in [7, 11) is 2.25. The molecule has 0 amide bonds. The van der Waals surface area contributed by atoms with Gasteiger partial charge in [-0.2, -0.15) is 0 Å². The lowest BCUT2D eigenvalue weighted by molar-refractivity contribution is 0.157. The summed E-state index contributed by atoms with van der Waals surface area (Å²) in [5.74, 6) is 0.984. The highest BCUT2D eigenvalue weighted by atomic mass is 15.1. The maximum absolute atomic E-state index is 4.18. The molecule has 1 saturated carbocycles. The predicted molar refractivity (Wildman–Crippen MR) is 83.1 cm³/mol. The van der Waals surface area contributed by atoms with Crippen LogP contribution in [0.3, 0.4) is 0 Å². The van der Waals surface area contributed by atoms with Crippen LogP contribution in [0.4, 0.5) is 0 Å². The largest absolute Gasteiger partial charge is 0.299 e. The first-order chi connectivity index (χ1) is 9.29. The van der Waals surface area contributed by atoms with Crippen LogP contribution in [-0.4, -0.2) is 23.0 Å². The van der Waals surface area contributed by atoms with Crippen LogP contribution in [0.15, 0.2) is 24.5 Å². The van der Waals surface area contributed by atoms with Crippen molar-refractivity contribution in [1.82, 2.24) is 9.88 Å². The van der Waals surface area contributed by atoms with E-state index in [1.165, 1.54) is 37.7 Å². The Bertz CT molecular complexity index is 315. The van der Waals surface area contributed by atoms with E-state index in [0.29, 0.717) is 0 Å². The lowest BCUT2D eigenvalue weighted by Crippen LogP contribution is -2.34. The van der Waals surface area contributed by atoms with Crippen molar-refractivity contribution < 1.29 is 0 Å². The van der Waals surface area contributed by atoms with Gasteiger partial charge in [-0.3, -0.25) is 9.88 Å². The lowest BCUT2D eigenvalue weighted by atomic mass is 9.84. The summed E-state index contributed by atoms with van der Waals surface area (Å²) in [5, 5.41) is 0. The minimum atomic E-state index is 0.776. The highest BCUT2D eigenvalue weighted by Crippen LogP contribution is 2.29. The summed E-state index contributed by atoms with van der Waals surface area (Å²) < 4.78 is 0. The summed E-state index contributed by atoms with van der Waals surface area (Å²) in [6, 6.07) is 4.97. The molecule has 0 unspecified atom stereocenters. The molecule has 1 heterocycles. The Hall–Kier alpha value is -0.890. The average molecular weight is 262 g/mol. The second-order valence-corrected chi connectivity index (χ2v) is 5.36. The highest BCUT2D eigenvalue weighted by molar-refractivity contribution is 5.08. The van der Waals surface area contributed by atoms with Gasteiger partial charge in [0.25, 0.3) is 0 Å². The Morgan fingerprint density at radius 3 is 2.42 bits per heavy atom. The third-order valence-electron chi connectivity index (χ3n) is 4.17. The highest BCUT2D eigenvalue weighted by Gasteiger charge is 2.22. The molecule has 0 aromatic carbocycles. The Morgan fingerprint density at radius 1 is 1.21 bits per heavy atom. The van der Waals surface area contributed by atoms with Crippen molar-refractivity contribution in [3.8, 4) is 0 Å². The summed E-state index contributed by atoms with van der Waals surface area (Å²) in [4.78, 5) is 6.68. The van der Waals surface area contributed by atoms with E-state index in [2.05, 4.69) is 29.9 Å². The van der Waals surface area contributed by atoms with Crippen molar-refractivity contribution in [3.63, 3.8) is 0 Å². The summed E-state index contributed by atoms with van der Waals surface area (Å²) in [6.45, 7) is 7.36. The Morgan fingerprint density at radius 2 is 1.89 bits per heavy atom. The topological polar surface area (TPSA) is 16.1 Å². The van der Waals surface area contributed by atoms with Crippen LogP contribution < -0.4 is 0 Å². The first-order valence-electron chi connectivity index (χ1n) is 7.88. The van der Waals surface area contributed by atoms with Crippen LogP contribution in [0, 0.1) is 5.92 Å². The van der Waals surface area contributed by atoms with Crippen LogP contribution in [0.1, 0.15) is 58.4 Å². The average Bonchev–Trinajstić information content (AvgIpc) is 2.50. The predicted octanol–water partition coefficient (Wildman–Crippen LogP) is 4.51. The molecule has 2 heteroatoms. The van der Waals surface area contributed by atoms with Crippen molar-refractivity contribution in [2.75, 3.05) is 7.05 Å². The van der Waals surface area contributed by atoms with E-state index >= 15 is 0 Å². The van der Waals surface area contributed by atoms with Crippen LogP contribution in [0.2, 0.25) is 0 Å². The van der Waals surface area contributed by atoms with Gasteiger partial charge in [-0.1, -0.05) is 33.3 Å². The molecule has 1 fully saturated rings. The fourth-order valence-electron chi connectivity index (χ4n) is 2.90. The molecule has 0 radical (unpaired) electrons. The first-order valence-corrected chi connectivity index (χ1v) is 7.88. The fourth-order valence-corrected chi connectivity index (χ4v) is 2.90. The summed E-state index contributed by atoms with van der Waals surface area (Å²) >= 11 is 0. The standard InChI is InChI=1S/C15H24N2.C2H6/c1-3-13-6-8-15(9-7-13)17(2)12-14-5-4-10-16-11-14;1-2/h4-5,10-11,13,15H,3,6-9,12H2,1-2H3;1-2H3. The van der Waals surface area contributed by atoms with Gasteiger partial charge < -0.3 is 0 Å². The van der Waals surface area contributed by atoms with Gasteiger partial charge in [0.1, 0.15) is 0 Å². The lowest BCUT2D eigenvalue weighted by Gasteiger charge is -2.34. The minimum Gasteiger partial charge on any atom is -0.299 e. The molecule has 0 spiro atoms. The third-order valence-corrected chi connectivity index (χ3v) is 4.17. The Labute approximate surface area is 119 Å². The molecule has 1 aliphatic rings. The molecule has 1 aromatic rings. The van der Waals surface area contributed by atoms with Crippen LogP contribution in [0.5, 0.6) is 0 Å². The molecule has 0 atom stereocenters. The molecule has 0 saturated heterocycles. The van der Waals surface area contributed by atoms with Gasteiger partial charge in [0.15, 0.2) is 0 Å². The van der Waals surface area contributed by atoms with Crippen molar-refractivity contribution >= 4 is 0 Å². The van der Waals surface area contributed by atoms with Crippen LogP contribution >= 0.6 is 0 Å². The van der Waals surface area contributed by atoms with Crippen molar-refractivity contribution in [3.05, 3.63) is 30.1 Å². The minimum absolute atomic E-state index is 0.776. The van der Waals surface area contributed by atoms with Crippen molar-refractivity contribution in [2.24, 2.45) is 5.92 Å². The van der Waals surface area contributed by atoms with Crippen LogP contribution in [0.25, 0.3) is 0 Å². The number of nitrogens with zero attached hydrogens (tertiary/aromatic N) is 2. The van der Waals surface area contributed by atoms with Crippen LogP contribution in [-0.2, 0) is 6.54 Å². The first kappa shape index (κ1) is 16.2. The van der Waals surface area contributed by atoms with Gasteiger partial charge in [-0.15, -0.1) is 0 Å². The van der Waals surface area contributed by atoms with Gasteiger partial charge >= 0.3 is 0 Å². The van der Waals surface area contributed by atoms with E-state index in [1.807, 2.05) is 32.3 Å². The molecule has 1 aliphatic carbocycles. The van der Waals surface area contributed by atoms with Crippen molar-refractivity contribution in [2.45, 2.75) is 65.5 Å². The van der Waals surface area contributed by atoms with E-state index in [0.717, 1.165) is 18.5 Å². The van der Waals surface area contributed by atoms with E-state index in [9.17, 15) is 0 Å². The maximum Gasteiger partial charge on any atom is 0.0312 e. The molecular formula is C17H30N2. The van der Waals surface area contributed by atoms with Gasteiger partial charge in [-0.05, 0) is 50.3 Å². The molecule has 0 N–H and O–H groups in total. The Kier molecular flexibility index (Phi) is 7.73. The second-order valence-electron chi connectivity index (χ2n) is 5.36. The van der Waals surface area contributed by atoms with E-state index in [1.54, 1.807) is 0 Å². The van der Waals surface area contributed by atoms with Gasteiger partial charge in [-0.25, -0.2) is 0 Å². The molecule has 2 rings (SSSR count). The molecule has 19 heavy (non-hydrogen) atoms. The van der Waals surface area contributed by atoms with E-state index < -0.39 is 0 Å². The van der Waals surface area contributed by atoms with Gasteiger partial charge in [0.05, 0.1) is 0 Å². The fraction of sp³-hybridized carbons (Fsp3) is 0.706. The summed E-state index contributed by atoms with van der Waals surface area (Å²) in [5.41, 5.74) is 1.33. The summed E-state index contributed by atoms with van der Waals surface area (Å²) in [6.07, 6.45) is 10.8. The van der Waals surface area contributed by atoms with E-state index in [4.69, 9.17) is 0 Å². The SMILES string of the molecule is CC.CCC1CCC(N(C)Cc2cccnc2)CC1. The Balaban J connectivity index is 0.000000861.